The van der Waals surface area contributed by atoms with E-state index in [2.05, 4.69) is 9.88 Å². The van der Waals surface area contributed by atoms with Gasteiger partial charge in [-0.3, -0.25) is 4.57 Å². The Bertz CT molecular complexity index is 1550. The highest BCUT2D eigenvalue weighted by Crippen LogP contribution is 2.29. The van der Waals surface area contributed by atoms with Crippen LogP contribution >= 0.6 is 24.0 Å². The van der Waals surface area contributed by atoms with E-state index in [0.717, 1.165) is 55.5 Å². The first kappa shape index (κ1) is 29.4. The van der Waals surface area contributed by atoms with Crippen LogP contribution < -0.4 is 5.69 Å². The van der Waals surface area contributed by atoms with Crippen molar-refractivity contribution in [2.24, 2.45) is 0 Å². The summed E-state index contributed by atoms with van der Waals surface area (Å²) in [5.41, 5.74) is 2.82. The Morgan fingerprint density at radius 2 is 1.69 bits per heavy atom. The Morgan fingerprint density at radius 1 is 1.00 bits per heavy atom. The molecule has 1 saturated heterocycles. The molecule has 3 aromatic carbocycles. The van der Waals surface area contributed by atoms with E-state index in [1.54, 1.807) is 31.3 Å². The summed E-state index contributed by atoms with van der Waals surface area (Å²) in [4.78, 5) is 18.3. The minimum atomic E-state index is -3.60. The van der Waals surface area contributed by atoms with Crippen LogP contribution in [0.2, 0.25) is 5.02 Å². The number of nitrogens with zero attached hydrogens (tertiary/aromatic N) is 3. The molecule has 1 aliphatic heterocycles. The first-order valence-corrected chi connectivity index (χ1v) is 14.8. The molecule has 0 bridgehead atoms. The lowest BCUT2D eigenvalue weighted by atomic mass is 9.94. The number of hydrogen-bond acceptors (Lipinski definition) is 4. The number of halogens is 2. The second-order valence-electron chi connectivity index (χ2n) is 10.0. The summed E-state index contributed by atoms with van der Waals surface area (Å²) in [6.45, 7) is 2.97. The van der Waals surface area contributed by atoms with Gasteiger partial charge in [0.05, 0.1) is 15.9 Å². The van der Waals surface area contributed by atoms with Gasteiger partial charge in [0.25, 0.3) is 0 Å². The molecule has 1 atom stereocenters. The van der Waals surface area contributed by atoms with Crippen LogP contribution in [0.25, 0.3) is 11.0 Å². The highest BCUT2D eigenvalue weighted by Gasteiger charge is 2.27. The van der Waals surface area contributed by atoms with Crippen LogP contribution in [0.4, 0.5) is 0 Å². The first-order valence-electron chi connectivity index (χ1n) is 13.0. The van der Waals surface area contributed by atoms with E-state index in [1.165, 1.54) is 4.31 Å². The summed E-state index contributed by atoms with van der Waals surface area (Å²) in [6.07, 6.45) is 2.59. The topological polar surface area (TPSA) is 78.4 Å². The van der Waals surface area contributed by atoms with Crippen molar-refractivity contribution < 1.29 is 8.42 Å². The van der Waals surface area contributed by atoms with Crippen molar-refractivity contribution in [3.8, 4) is 0 Å². The molecule has 0 spiro atoms. The Morgan fingerprint density at radius 3 is 2.41 bits per heavy atom. The van der Waals surface area contributed by atoms with Crippen molar-refractivity contribution in [3.63, 3.8) is 0 Å². The molecule has 1 N–H and O–H groups in total. The predicted octanol–water partition coefficient (Wildman–Crippen LogP) is 5.54. The van der Waals surface area contributed by atoms with Crippen LogP contribution in [0, 0.1) is 0 Å². The fourth-order valence-corrected chi connectivity index (χ4v) is 6.92. The van der Waals surface area contributed by atoms with Crippen molar-refractivity contribution >= 4 is 45.1 Å². The first-order chi connectivity index (χ1) is 18.3. The fourth-order valence-electron chi connectivity index (χ4n) is 5.48. The summed E-state index contributed by atoms with van der Waals surface area (Å²) in [7, 11) is -1.96. The summed E-state index contributed by atoms with van der Waals surface area (Å²) in [5, 5.41) is 0.644. The molecule has 7 nitrogen and oxygen atoms in total. The van der Waals surface area contributed by atoms with Gasteiger partial charge in [-0.1, -0.05) is 54.1 Å². The second-order valence-corrected chi connectivity index (χ2v) is 12.5. The third-order valence-corrected chi connectivity index (χ3v) is 9.66. The van der Waals surface area contributed by atoms with E-state index >= 15 is 0 Å². The highest BCUT2D eigenvalue weighted by molar-refractivity contribution is 7.89. The summed E-state index contributed by atoms with van der Waals surface area (Å²) >= 11 is 6.31. The molecule has 0 amide bonds. The van der Waals surface area contributed by atoms with Gasteiger partial charge in [0.1, 0.15) is 0 Å². The maximum Gasteiger partial charge on any atom is 0.326 e. The minimum absolute atomic E-state index is 0. The van der Waals surface area contributed by atoms with Crippen molar-refractivity contribution in [1.29, 1.82) is 0 Å². The highest BCUT2D eigenvalue weighted by atomic mass is 35.5. The number of piperidine rings is 1. The fraction of sp³-hybridized carbons (Fsp3) is 0.345. The van der Waals surface area contributed by atoms with Gasteiger partial charge >= 0.3 is 5.69 Å². The number of nitrogens with one attached hydrogen (secondary N) is 1. The van der Waals surface area contributed by atoms with Crippen molar-refractivity contribution in [2.75, 3.05) is 33.2 Å². The van der Waals surface area contributed by atoms with E-state index in [1.807, 2.05) is 59.2 Å². The number of likely N-dealkylation sites (N-methyl/N-ethyl adjacent to an activating group) is 1. The number of rotatable bonds is 9. The lowest BCUT2D eigenvalue weighted by Crippen LogP contribution is -2.38. The number of benzene rings is 3. The third-order valence-electron chi connectivity index (χ3n) is 7.59. The van der Waals surface area contributed by atoms with Crippen molar-refractivity contribution in [3.05, 3.63) is 99.9 Å². The lowest BCUT2D eigenvalue weighted by molar-refractivity contribution is 0.180. The summed E-state index contributed by atoms with van der Waals surface area (Å²) in [6, 6.07) is 24.3. The molecule has 0 radical (unpaired) electrons. The average Bonchev–Trinajstić information content (AvgIpc) is 3.27. The van der Waals surface area contributed by atoms with E-state index in [9.17, 15) is 13.2 Å². The normalized spacial score (nSPS) is 15.9. The molecule has 39 heavy (non-hydrogen) atoms. The number of aromatic amines is 1. The van der Waals surface area contributed by atoms with Crippen LogP contribution in [0.15, 0.2) is 88.6 Å². The van der Waals surface area contributed by atoms with Gasteiger partial charge in [-0.15, -0.1) is 12.4 Å². The van der Waals surface area contributed by atoms with Gasteiger partial charge in [0.15, 0.2) is 0 Å². The van der Waals surface area contributed by atoms with Crippen molar-refractivity contribution in [1.82, 2.24) is 18.8 Å². The van der Waals surface area contributed by atoms with Gasteiger partial charge in [0.2, 0.25) is 10.0 Å². The number of aromatic nitrogens is 2. The Labute approximate surface area is 240 Å². The zero-order valence-electron chi connectivity index (χ0n) is 21.9. The monoisotopic (exact) mass is 588 g/mol. The molecule has 5 rings (SSSR count). The van der Waals surface area contributed by atoms with E-state index < -0.39 is 10.0 Å². The maximum atomic E-state index is 13.2. The molecule has 4 aromatic rings. The van der Waals surface area contributed by atoms with Crippen LogP contribution in [-0.4, -0.2) is 60.4 Å². The smallest absolute Gasteiger partial charge is 0.306 e. The number of imidazole rings is 1. The SMILES string of the molecule is CN(C[C@@H](CCN1CCC(n2c(=O)[nH]c3ccccc32)CC1)c1cccc(Cl)c1)S(=O)(=O)c1ccccc1.Cl. The average molecular weight is 590 g/mol. The molecular formula is C29H34Cl2N4O3S. The number of H-pyrrole nitrogens is 1. The molecule has 1 aliphatic rings. The Hall–Kier alpha value is -2.62. The predicted molar refractivity (Wildman–Crippen MR) is 160 cm³/mol. The van der Waals surface area contributed by atoms with Gasteiger partial charge < -0.3 is 9.88 Å². The van der Waals surface area contributed by atoms with Crippen LogP contribution in [0.3, 0.4) is 0 Å². The maximum absolute atomic E-state index is 13.2. The van der Waals surface area contributed by atoms with E-state index in [-0.39, 0.29) is 30.1 Å². The molecule has 1 fully saturated rings. The largest absolute Gasteiger partial charge is 0.326 e. The van der Waals surface area contributed by atoms with Gasteiger partial charge in [0, 0.05) is 37.7 Å². The molecule has 10 heteroatoms. The van der Waals surface area contributed by atoms with E-state index in [0.29, 0.717) is 16.5 Å². The zero-order chi connectivity index (χ0) is 26.7. The van der Waals surface area contributed by atoms with Crippen molar-refractivity contribution in [2.45, 2.75) is 36.1 Å². The number of para-hydroxylation sites is 2. The molecular weight excluding hydrogens is 555 g/mol. The molecule has 2 heterocycles. The quantitative estimate of drug-likeness (QED) is 0.278. The number of hydrogen-bond donors (Lipinski definition) is 1. The number of likely N-dealkylation sites (tertiary alicyclic amines) is 1. The Balaban J connectivity index is 0.00000353. The third kappa shape index (κ3) is 6.58. The summed E-state index contributed by atoms with van der Waals surface area (Å²) in [5.74, 6) is -0.00820. The van der Waals surface area contributed by atoms with Crippen LogP contribution in [0.1, 0.15) is 36.8 Å². The Kier molecular flexibility index (Phi) is 9.56. The minimum Gasteiger partial charge on any atom is -0.306 e. The van der Waals surface area contributed by atoms with Gasteiger partial charge in [-0.2, -0.15) is 0 Å². The number of fused-ring (bicyclic) bond motifs is 1. The summed E-state index contributed by atoms with van der Waals surface area (Å²) < 4.78 is 29.8. The standard InChI is InChI=1S/C29H33ClN4O3S.ClH/c1-32(38(36,37)26-10-3-2-4-11-26)21-23(22-8-7-9-24(30)20-22)14-17-33-18-15-25(16-19-33)34-28-13-6-5-12-27(28)31-29(34)35;/h2-13,20,23,25H,14-19,21H2,1H3,(H,31,35);1H/t23-;/m1./s1. The van der Waals surface area contributed by atoms with Crippen LogP contribution in [-0.2, 0) is 10.0 Å². The lowest BCUT2D eigenvalue weighted by Gasteiger charge is -2.34. The molecule has 208 valence electrons. The second kappa shape index (κ2) is 12.7. The molecule has 0 saturated carbocycles. The molecule has 1 aromatic heterocycles. The van der Waals surface area contributed by atoms with Gasteiger partial charge in [-0.05, 0) is 73.7 Å². The van der Waals surface area contributed by atoms with Crippen LogP contribution in [0.5, 0.6) is 0 Å². The molecule has 0 unspecified atom stereocenters. The molecule has 0 aliphatic carbocycles. The zero-order valence-corrected chi connectivity index (χ0v) is 24.3. The van der Waals surface area contributed by atoms with Gasteiger partial charge in [-0.25, -0.2) is 17.5 Å². The van der Waals surface area contributed by atoms with E-state index in [4.69, 9.17) is 11.6 Å². The number of sulfonamides is 1.